The van der Waals surface area contributed by atoms with E-state index in [0.717, 1.165) is 0 Å². The minimum atomic E-state index is -1.15. The van der Waals surface area contributed by atoms with Gasteiger partial charge in [-0.15, -0.1) is 0 Å². The van der Waals surface area contributed by atoms with Gasteiger partial charge >= 0.3 is 5.97 Å². The summed E-state index contributed by atoms with van der Waals surface area (Å²) in [6.07, 6.45) is 1.33. The van der Waals surface area contributed by atoms with E-state index in [2.05, 4.69) is 15.0 Å². The third-order valence-electron chi connectivity index (χ3n) is 2.93. The van der Waals surface area contributed by atoms with Crippen LogP contribution in [0.3, 0.4) is 0 Å². The Hall–Kier alpha value is -2.18. The minimum absolute atomic E-state index is 0.123. The van der Waals surface area contributed by atoms with Crippen LogP contribution in [0.5, 0.6) is 0 Å². The third-order valence-corrected chi connectivity index (χ3v) is 3.34. The number of nitrogens with one attached hydrogen (secondary N) is 1. The lowest BCUT2D eigenvalue weighted by Crippen LogP contribution is -2.44. The van der Waals surface area contributed by atoms with Crippen molar-refractivity contribution in [2.24, 2.45) is 0 Å². The molecule has 0 fully saturated rings. The Kier molecular flexibility index (Phi) is 4.72. The molecule has 1 aromatic carbocycles. The zero-order valence-electron chi connectivity index (χ0n) is 11.2. The van der Waals surface area contributed by atoms with Gasteiger partial charge in [0.05, 0.1) is 29.8 Å². The van der Waals surface area contributed by atoms with Crippen molar-refractivity contribution in [1.29, 1.82) is 0 Å². The van der Waals surface area contributed by atoms with E-state index in [1.54, 1.807) is 18.2 Å². The molecule has 2 aromatic rings. The summed E-state index contributed by atoms with van der Waals surface area (Å²) in [5.41, 5.74) is 0.781. The van der Waals surface area contributed by atoms with Gasteiger partial charge in [-0.2, -0.15) is 0 Å². The lowest BCUT2D eigenvalue weighted by Gasteiger charge is -2.14. The number of aromatic nitrogens is 1. The Labute approximate surface area is 125 Å². The second kappa shape index (κ2) is 6.51. The molecule has 0 saturated heterocycles. The van der Waals surface area contributed by atoms with Gasteiger partial charge in [0.1, 0.15) is 0 Å². The predicted octanol–water partition coefficient (Wildman–Crippen LogP) is 1.15. The second-order valence-corrected chi connectivity index (χ2v) is 4.61. The highest BCUT2D eigenvalue weighted by molar-refractivity contribution is 6.38. The second-order valence-electron chi connectivity index (χ2n) is 4.23. The summed E-state index contributed by atoms with van der Waals surface area (Å²) in [6.45, 7) is -0.572. The van der Waals surface area contributed by atoms with Crippen LogP contribution in [0, 0.1) is 0 Å². The Bertz CT molecular complexity index is 690. The number of amides is 1. The normalized spacial score (nSPS) is 12.0. The predicted molar refractivity (Wildman–Crippen MR) is 77.1 cm³/mol. The van der Waals surface area contributed by atoms with Gasteiger partial charge in [-0.25, -0.2) is 4.79 Å². The Morgan fingerprint density at radius 1 is 1.43 bits per heavy atom. The fourth-order valence-electron chi connectivity index (χ4n) is 1.82. The molecule has 2 N–H and O–H groups in total. The molecule has 7 heteroatoms. The molecule has 1 amide bonds. The van der Waals surface area contributed by atoms with Crippen LogP contribution in [-0.4, -0.2) is 41.7 Å². The molecule has 0 aliphatic rings. The quantitative estimate of drug-likeness (QED) is 0.827. The molecule has 1 heterocycles. The zero-order chi connectivity index (χ0) is 15.4. The average molecular weight is 309 g/mol. The van der Waals surface area contributed by atoms with E-state index in [1.807, 2.05) is 6.07 Å². The molecule has 0 bridgehead atoms. The van der Waals surface area contributed by atoms with E-state index < -0.39 is 24.5 Å². The van der Waals surface area contributed by atoms with Crippen LogP contribution in [0.2, 0.25) is 5.02 Å². The first kappa shape index (κ1) is 15.2. The smallest absolute Gasteiger partial charge is 0.330 e. The van der Waals surface area contributed by atoms with Crippen molar-refractivity contribution < 1.29 is 19.4 Å². The number of para-hydroxylation sites is 1. The van der Waals surface area contributed by atoms with Crippen LogP contribution in [0.15, 0.2) is 30.5 Å². The van der Waals surface area contributed by atoms with Crippen molar-refractivity contribution in [3.63, 3.8) is 0 Å². The Morgan fingerprint density at radius 2 is 2.14 bits per heavy atom. The number of fused-ring (bicyclic) bond motifs is 1. The number of esters is 1. The molecule has 0 spiro atoms. The van der Waals surface area contributed by atoms with Crippen molar-refractivity contribution in [1.82, 2.24) is 10.3 Å². The maximum atomic E-state index is 12.1. The highest BCUT2D eigenvalue weighted by Crippen LogP contribution is 2.25. The van der Waals surface area contributed by atoms with E-state index in [4.69, 9.17) is 16.7 Å². The summed E-state index contributed by atoms with van der Waals surface area (Å²) in [5.74, 6) is -1.35. The summed E-state index contributed by atoms with van der Waals surface area (Å²) in [5, 5.41) is 12.3. The van der Waals surface area contributed by atoms with Crippen LogP contribution >= 0.6 is 11.6 Å². The number of carbonyl (C=O) groups is 2. The maximum absolute atomic E-state index is 12.1. The zero-order valence-corrected chi connectivity index (χ0v) is 11.9. The number of aliphatic hydroxyl groups excluding tert-OH is 1. The van der Waals surface area contributed by atoms with E-state index in [9.17, 15) is 9.59 Å². The van der Waals surface area contributed by atoms with E-state index in [1.165, 1.54) is 13.3 Å². The fraction of sp³-hybridized carbons (Fsp3) is 0.214. The van der Waals surface area contributed by atoms with E-state index >= 15 is 0 Å². The third kappa shape index (κ3) is 3.12. The topological polar surface area (TPSA) is 88.5 Å². The number of halogens is 1. The van der Waals surface area contributed by atoms with Gasteiger partial charge in [-0.1, -0.05) is 29.8 Å². The number of pyridine rings is 1. The minimum Gasteiger partial charge on any atom is -0.467 e. The highest BCUT2D eigenvalue weighted by Gasteiger charge is 2.23. The van der Waals surface area contributed by atoms with Gasteiger partial charge in [-0.05, 0) is 6.07 Å². The van der Waals surface area contributed by atoms with Crippen LogP contribution in [0.1, 0.15) is 10.4 Å². The van der Waals surface area contributed by atoms with Crippen LogP contribution < -0.4 is 5.32 Å². The standard InChI is InChI=1S/C14H13ClN2O4/c1-21-14(20)11(7-18)17-13(19)9-6-16-10-5-3-2-4-8(10)12(9)15/h2-6,11,18H,7H2,1H3,(H,17,19)/t11-/m0/s1. The number of aliphatic hydroxyl groups is 1. The summed E-state index contributed by atoms with van der Waals surface area (Å²) < 4.78 is 4.48. The lowest BCUT2D eigenvalue weighted by atomic mass is 10.1. The molecule has 0 aliphatic heterocycles. The molecule has 0 unspecified atom stereocenters. The number of hydrogen-bond donors (Lipinski definition) is 2. The van der Waals surface area contributed by atoms with Gasteiger partial charge < -0.3 is 15.2 Å². The first-order chi connectivity index (χ1) is 10.1. The van der Waals surface area contributed by atoms with Crippen molar-refractivity contribution in [3.05, 3.63) is 41.0 Å². The number of methoxy groups -OCH3 is 1. The number of ether oxygens (including phenoxy) is 1. The number of hydrogen-bond acceptors (Lipinski definition) is 5. The van der Waals surface area contributed by atoms with Gasteiger partial charge in [0.25, 0.3) is 5.91 Å². The van der Waals surface area contributed by atoms with Crippen LogP contribution in [0.25, 0.3) is 10.9 Å². The molecule has 0 radical (unpaired) electrons. The summed E-state index contributed by atoms with van der Waals surface area (Å²) in [7, 11) is 1.17. The van der Waals surface area contributed by atoms with Crippen molar-refractivity contribution in [2.75, 3.05) is 13.7 Å². The summed E-state index contributed by atoms with van der Waals surface area (Å²) in [4.78, 5) is 27.6. The van der Waals surface area contributed by atoms with E-state index in [0.29, 0.717) is 10.9 Å². The molecule has 0 saturated carbocycles. The summed E-state index contributed by atoms with van der Waals surface area (Å²) in [6, 6.07) is 5.96. The number of nitrogens with zero attached hydrogens (tertiary/aromatic N) is 1. The molecular weight excluding hydrogens is 296 g/mol. The SMILES string of the molecule is COC(=O)[C@H](CO)NC(=O)c1cnc2ccccc2c1Cl. The van der Waals surface area contributed by atoms with Gasteiger partial charge in [-0.3, -0.25) is 9.78 Å². The van der Waals surface area contributed by atoms with Crippen LogP contribution in [-0.2, 0) is 9.53 Å². The number of rotatable bonds is 4. The molecule has 21 heavy (non-hydrogen) atoms. The lowest BCUT2D eigenvalue weighted by molar-refractivity contribution is -0.143. The highest BCUT2D eigenvalue weighted by atomic mass is 35.5. The maximum Gasteiger partial charge on any atom is 0.330 e. The molecule has 1 aromatic heterocycles. The van der Waals surface area contributed by atoms with Crippen molar-refractivity contribution in [2.45, 2.75) is 6.04 Å². The van der Waals surface area contributed by atoms with E-state index in [-0.39, 0.29) is 10.6 Å². The van der Waals surface area contributed by atoms with Crippen LogP contribution in [0.4, 0.5) is 0 Å². The Morgan fingerprint density at radius 3 is 2.81 bits per heavy atom. The van der Waals surface area contributed by atoms with Gasteiger partial charge in [0.15, 0.2) is 6.04 Å². The van der Waals surface area contributed by atoms with Crippen molar-refractivity contribution >= 4 is 34.4 Å². The Balaban J connectivity index is 2.31. The molecule has 2 rings (SSSR count). The largest absolute Gasteiger partial charge is 0.467 e. The first-order valence-corrected chi connectivity index (χ1v) is 6.49. The fourth-order valence-corrected chi connectivity index (χ4v) is 2.12. The van der Waals surface area contributed by atoms with Crippen molar-refractivity contribution in [3.8, 4) is 0 Å². The molecule has 0 aliphatic carbocycles. The van der Waals surface area contributed by atoms with Gasteiger partial charge in [0.2, 0.25) is 0 Å². The number of benzene rings is 1. The molecule has 110 valence electrons. The first-order valence-electron chi connectivity index (χ1n) is 6.11. The average Bonchev–Trinajstić information content (AvgIpc) is 2.52. The molecule has 1 atom stereocenters. The summed E-state index contributed by atoms with van der Waals surface area (Å²) >= 11 is 6.20. The molecular formula is C14H13ClN2O4. The molecule has 6 nitrogen and oxygen atoms in total. The van der Waals surface area contributed by atoms with Gasteiger partial charge in [0, 0.05) is 11.6 Å². The monoisotopic (exact) mass is 308 g/mol. The number of carbonyl (C=O) groups excluding carboxylic acids is 2.